The first-order valence-corrected chi connectivity index (χ1v) is 4.04. The lowest BCUT2D eigenvalue weighted by Gasteiger charge is -2.03. The Labute approximate surface area is 49.1 Å². The Morgan fingerprint density at radius 2 is 1.14 bits per heavy atom. The average Bonchev–Trinajstić information content (AvgIpc) is 1.27. The molecule has 0 saturated heterocycles. The van der Waals surface area contributed by atoms with E-state index in [1.165, 1.54) is 0 Å². The lowest BCUT2D eigenvalue weighted by Crippen LogP contribution is -1.98. The first-order valence-electron chi connectivity index (χ1n) is 2.89. The number of rotatable bonds is 2. The fourth-order valence-electron chi connectivity index (χ4n) is 0.667. The highest BCUT2D eigenvalue weighted by molar-refractivity contribution is 6.38. The van der Waals surface area contributed by atoms with Gasteiger partial charge in [0.05, 0.1) is 0 Å². The summed E-state index contributed by atoms with van der Waals surface area (Å²) in [6, 6.07) is 0. The normalized spacial score (nSPS) is 11.1. The second kappa shape index (κ2) is 3.25. The molecular formula is C6H14Si. The third kappa shape index (κ3) is 6.22. The lowest BCUT2D eigenvalue weighted by molar-refractivity contribution is 0.971. The summed E-state index contributed by atoms with van der Waals surface area (Å²) < 4.78 is 0. The summed E-state index contributed by atoms with van der Waals surface area (Å²) in [5, 5.41) is 0. The van der Waals surface area contributed by atoms with Gasteiger partial charge >= 0.3 is 0 Å². The minimum atomic E-state index is 0.903. The summed E-state index contributed by atoms with van der Waals surface area (Å²) in [7, 11) is 1.15. The third-order valence-electron chi connectivity index (χ3n) is 0.667. The van der Waals surface area contributed by atoms with Gasteiger partial charge in [0.15, 0.2) is 0 Å². The zero-order valence-corrected chi connectivity index (χ0v) is 6.65. The highest BCUT2D eigenvalue weighted by Crippen LogP contribution is 2.07. The van der Waals surface area contributed by atoms with E-state index in [4.69, 9.17) is 0 Å². The van der Waals surface area contributed by atoms with Gasteiger partial charge in [0, 0.05) is 9.52 Å². The molecule has 0 aromatic rings. The van der Waals surface area contributed by atoms with Crippen molar-refractivity contribution in [3.8, 4) is 0 Å². The van der Waals surface area contributed by atoms with Gasteiger partial charge in [0.2, 0.25) is 0 Å². The van der Waals surface area contributed by atoms with E-state index in [2.05, 4.69) is 27.7 Å². The summed E-state index contributed by atoms with van der Waals surface area (Å²) in [6.07, 6.45) is 0. The summed E-state index contributed by atoms with van der Waals surface area (Å²) >= 11 is 0. The Bertz CT molecular complexity index is 33.4. The van der Waals surface area contributed by atoms with Crippen molar-refractivity contribution in [3.05, 3.63) is 0 Å². The molecule has 0 atom stereocenters. The molecule has 0 aromatic heterocycles. The van der Waals surface area contributed by atoms with Gasteiger partial charge in [-0.2, -0.15) is 0 Å². The second-order valence-corrected chi connectivity index (χ2v) is 5.12. The van der Waals surface area contributed by atoms with Crippen molar-refractivity contribution in [1.29, 1.82) is 0 Å². The van der Waals surface area contributed by atoms with Crippen LogP contribution in [0.5, 0.6) is 0 Å². The van der Waals surface area contributed by atoms with Crippen LogP contribution >= 0.6 is 0 Å². The van der Waals surface area contributed by atoms with Gasteiger partial charge in [0.1, 0.15) is 0 Å². The van der Waals surface area contributed by atoms with Gasteiger partial charge in [-0.15, -0.1) is 0 Å². The van der Waals surface area contributed by atoms with Crippen molar-refractivity contribution in [3.63, 3.8) is 0 Å². The van der Waals surface area contributed by atoms with Gasteiger partial charge < -0.3 is 0 Å². The molecule has 1 heteroatoms. The third-order valence-corrected chi connectivity index (χ3v) is 2.00. The van der Waals surface area contributed by atoms with E-state index >= 15 is 0 Å². The van der Waals surface area contributed by atoms with Crippen LogP contribution in [0.3, 0.4) is 0 Å². The minimum Gasteiger partial charge on any atom is -0.0656 e. The van der Waals surface area contributed by atoms with Crippen molar-refractivity contribution in [2.24, 2.45) is 0 Å². The van der Waals surface area contributed by atoms with E-state index in [1.807, 2.05) is 0 Å². The molecule has 0 amide bonds. The quantitative estimate of drug-likeness (QED) is 0.483. The van der Waals surface area contributed by atoms with E-state index < -0.39 is 0 Å². The van der Waals surface area contributed by atoms with E-state index in [0.717, 1.165) is 20.6 Å². The maximum atomic E-state index is 2.28. The molecule has 0 aliphatic heterocycles. The molecule has 0 saturated carbocycles. The van der Waals surface area contributed by atoms with Crippen LogP contribution in [0.25, 0.3) is 0 Å². The van der Waals surface area contributed by atoms with Crippen LogP contribution in [-0.2, 0) is 0 Å². The Hall–Kier alpha value is 0.217. The molecule has 0 N–H and O–H groups in total. The first kappa shape index (κ1) is 7.22. The molecule has 0 bridgehead atoms. The van der Waals surface area contributed by atoms with Crippen LogP contribution in [0.4, 0.5) is 0 Å². The van der Waals surface area contributed by atoms with Crippen molar-refractivity contribution < 1.29 is 0 Å². The zero-order valence-electron chi connectivity index (χ0n) is 5.65. The minimum absolute atomic E-state index is 0.903. The molecule has 7 heavy (non-hydrogen) atoms. The van der Waals surface area contributed by atoms with Crippen LogP contribution in [0.15, 0.2) is 0 Å². The fourth-order valence-corrected chi connectivity index (χ4v) is 2.00. The molecule has 0 unspecified atom stereocenters. The molecule has 0 spiro atoms. The topological polar surface area (TPSA) is 0 Å². The highest BCUT2D eigenvalue weighted by atomic mass is 28.2. The summed E-state index contributed by atoms with van der Waals surface area (Å²) in [4.78, 5) is 0. The maximum absolute atomic E-state index is 2.28. The predicted octanol–water partition coefficient (Wildman–Crippen LogP) is 2.35. The number of hydrogen-bond acceptors (Lipinski definition) is 0. The Morgan fingerprint density at radius 3 is 1.14 bits per heavy atom. The molecule has 0 nitrogen and oxygen atoms in total. The summed E-state index contributed by atoms with van der Waals surface area (Å²) in [5.74, 6) is 0. The summed E-state index contributed by atoms with van der Waals surface area (Å²) in [5.41, 5.74) is 1.81. The highest BCUT2D eigenvalue weighted by Gasteiger charge is 1.97. The van der Waals surface area contributed by atoms with E-state index in [0.29, 0.717) is 0 Å². The van der Waals surface area contributed by atoms with Gasteiger partial charge in [-0.3, -0.25) is 0 Å². The van der Waals surface area contributed by atoms with Crippen molar-refractivity contribution in [1.82, 2.24) is 0 Å². The fraction of sp³-hybridized carbons (Fsp3) is 1.00. The molecule has 42 valence electrons. The SMILES string of the molecule is CC(C)[Si]C(C)C. The van der Waals surface area contributed by atoms with Crippen LogP contribution in [0.1, 0.15) is 27.7 Å². The van der Waals surface area contributed by atoms with Crippen LogP contribution in [0.2, 0.25) is 11.1 Å². The van der Waals surface area contributed by atoms with E-state index in [-0.39, 0.29) is 0 Å². The summed E-state index contributed by atoms with van der Waals surface area (Å²) in [6.45, 7) is 9.10. The van der Waals surface area contributed by atoms with Crippen LogP contribution < -0.4 is 0 Å². The molecule has 0 aliphatic rings. The zero-order chi connectivity index (χ0) is 5.86. The maximum Gasteiger partial charge on any atom is 0.0437 e. The van der Waals surface area contributed by atoms with Gasteiger partial charge in [-0.05, 0) is 0 Å². The molecule has 2 radical (unpaired) electrons. The average molecular weight is 114 g/mol. The van der Waals surface area contributed by atoms with Crippen LogP contribution in [-0.4, -0.2) is 9.52 Å². The van der Waals surface area contributed by atoms with Crippen molar-refractivity contribution in [2.45, 2.75) is 38.8 Å². The van der Waals surface area contributed by atoms with Crippen LogP contribution in [0, 0.1) is 0 Å². The predicted molar refractivity (Wildman–Crippen MR) is 35.9 cm³/mol. The molecule has 0 heterocycles. The molecular weight excluding hydrogens is 100 g/mol. The monoisotopic (exact) mass is 114 g/mol. The molecule has 0 aliphatic carbocycles. The molecule has 0 aromatic carbocycles. The van der Waals surface area contributed by atoms with Gasteiger partial charge in [-0.25, -0.2) is 0 Å². The standard InChI is InChI=1S/C6H14Si/c1-5(2)7-6(3)4/h5-6H,1-4H3. The van der Waals surface area contributed by atoms with Crippen molar-refractivity contribution in [2.75, 3.05) is 0 Å². The Morgan fingerprint density at radius 1 is 0.857 bits per heavy atom. The first-order chi connectivity index (χ1) is 3.13. The molecule has 0 rings (SSSR count). The molecule has 0 fully saturated rings. The number of hydrogen-bond donors (Lipinski definition) is 0. The smallest absolute Gasteiger partial charge is 0.0437 e. The van der Waals surface area contributed by atoms with Crippen molar-refractivity contribution >= 4 is 9.52 Å². The van der Waals surface area contributed by atoms with E-state index in [9.17, 15) is 0 Å². The van der Waals surface area contributed by atoms with E-state index in [1.54, 1.807) is 0 Å². The largest absolute Gasteiger partial charge is 0.0656 e. The Kier molecular flexibility index (Phi) is 3.35. The Balaban J connectivity index is 2.95. The van der Waals surface area contributed by atoms with Gasteiger partial charge in [0.25, 0.3) is 0 Å². The second-order valence-electron chi connectivity index (χ2n) is 2.48. The van der Waals surface area contributed by atoms with Gasteiger partial charge in [-0.1, -0.05) is 38.8 Å². The lowest BCUT2D eigenvalue weighted by atomic mass is 10.5.